The van der Waals surface area contributed by atoms with E-state index in [-0.39, 0.29) is 24.3 Å². The number of aliphatic hydroxyl groups is 1. The molecule has 1 N–H and O–H groups in total. The highest BCUT2D eigenvalue weighted by Crippen LogP contribution is 2.45. The number of ether oxygens (including phenoxy) is 2. The van der Waals surface area contributed by atoms with Gasteiger partial charge in [0, 0.05) is 48.3 Å². The number of carbonyl (C=O) groups is 2. The number of fused-ring (bicyclic) bond motifs is 2. The third-order valence-corrected chi connectivity index (χ3v) is 7.34. The van der Waals surface area contributed by atoms with E-state index in [2.05, 4.69) is 4.37 Å². The molecule has 0 saturated carbocycles. The fraction of sp³-hybridized carbons (Fsp3) is 0.500. The number of aliphatic hydroxyl groups excluding tert-OH is 1. The average Bonchev–Trinajstić information content (AvgIpc) is 3.48. The van der Waals surface area contributed by atoms with Crippen LogP contribution in [0, 0.1) is 11.3 Å². The number of rotatable bonds is 3. The molecule has 3 aliphatic heterocycles. The standard InChI is InChI=1S/C18H19N3O5S2/c22-10-18-8-20(16(23)11-3-19-28-6-11)4-12(18)5-21(9-18)17(24)15-14-13(7-27-15)25-1-2-26-14/h3,6-7,12,22H,1-2,4-5,8-10H2. The Kier molecular flexibility index (Phi) is 4.29. The molecule has 0 spiro atoms. The van der Waals surface area contributed by atoms with Crippen molar-refractivity contribution < 1.29 is 24.2 Å². The molecule has 2 amide bonds. The maximum absolute atomic E-state index is 13.1. The Morgan fingerprint density at radius 3 is 2.61 bits per heavy atom. The van der Waals surface area contributed by atoms with Gasteiger partial charge < -0.3 is 24.4 Å². The Hall–Kier alpha value is -2.17. The lowest BCUT2D eigenvalue weighted by Crippen LogP contribution is -2.40. The van der Waals surface area contributed by atoms with Crippen molar-refractivity contribution in [3.63, 3.8) is 0 Å². The maximum atomic E-state index is 13.1. The summed E-state index contributed by atoms with van der Waals surface area (Å²) in [6.45, 7) is 2.76. The van der Waals surface area contributed by atoms with Crippen molar-refractivity contribution in [3.8, 4) is 11.5 Å². The molecule has 5 rings (SSSR count). The van der Waals surface area contributed by atoms with E-state index in [0.29, 0.717) is 61.3 Å². The van der Waals surface area contributed by atoms with E-state index < -0.39 is 5.41 Å². The van der Waals surface area contributed by atoms with E-state index in [4.69, 9.17) is 9.47 Å². The molecule has 2 aromatic rings. The van der Waals surface area contributed by atoms with Crippen molar-refractivity contribution in [2.45, 2.75) is 0 Å². The van der Waals surface area contributed by atoms with E-state index in [0.717, 1.165) is 0 Å². The molecule has 2 saturated heterocycles. The van der Waals surface area contributed by atoms with Crippen LogP contribution in [0.5, 0.6) is 11.5 Å². The summed E-state index contributed by atoms with van der Waals surface area (Å²) in [6.07, 6.45) is 1.57. The largest absolute Gasteiger partial charge is 0.485 e. The lowest BCUT2D eigenvalue weighted by Gasteiger charge is -2.27. The lowest BCUT2D eigenvalue weighted by atomic mass is 9.82. The minimum Gasteiger partial charge on any atom is -0.485 e. The van der Waals surface area contributed by atoms with Gasteiger partial charge in [-0.2, -0.15) is 0 Å². The number of hydrogen-bond donors (Lipinski definition) is 1. The quantitative estimate of drug-likeness (QED) is 0.800. The summed E-state index contributed by atoms with van der Waals surface area (Å²) in [4.78, 5) is 29.9. The normalized spacial score (nSPS) is 25.8. The van der Waals surface area contributed by atoms with Gasteiger partial charge in [0.1, 0.15) is 18.1 Å². The van der Waals surface area contributed by atoms with Crippen LogP contribution in [0.2, 0.25) is 0 Å². The zero-order valence-corrected chi connectivity index (χ0v) is 16.6. The number of carbonyl (C=O) groups excluding carboxylic acids is 2. The smallest absolute Gasteiger partial charge is 0.267 e. The third kappa shape index (κ3) is 2.70. The second-order valence-corrected chi connectivity index (χ2v) is 8.99. The summed E-state index contributed by atoms with van der Waals surface area (Å²) in [5.41, 5.74) is 0.0945. The van der Waals surface area contributed by atoms with Gasteiger partial charge in [-0.05, 0) is 11.5 Å². The SMILES string of the molecule is O=C(c1cnsc1)N1CC2CN(C(=O)c3scc4c3OCCO4)CC2(CO)C1. The van der Waals surface area contributed by atoms with Crippen LogP contribution in [0.3, 0.4) is 0 Å². The first-order chi connectivity index (χ1) is 13.6. The highest BCUT2D eigenvalue weighted by molar-refractivity contribution is 7.12. The van der Waals surface area contributed by atoms with Crippen LogP contribution in [0.25, 0.3) is 0 Å². The number of amides is 2. The molecule has 8 nitrogen and oxygen atoms in total. The van der Waals surface area contributed by atoms with Crippen LogP contribution in [0.4, 0.5) is 0 Å². The molecule has 0 radical (unpaired) electrons. The first-order valence-electron chi connectivity index (χ1n) is 9.07. The summed E-state index contributed by atoms with van der Waals surface area (Å²) in [5, 5.41) is 13.7. The Labute approximate surface area is 169 Å². The number of thiophene rings is 1. The number of aromatic nitrogens is 1. The van der Waals surface area contributed by atoms with Crippen molar-refractivity contribution in [2.75, 3.05) is 46.0 Å². The molecule has 10 heteroatoms. The molecular formula is C18H19N3O5S2. The second-order valence-electron chi connectivity index (χ2n) is 7.46. The minimum atomic E-state index is -0.483. The Bertz CT molecular complexity index is 914. The topological polar surface area (TPSA) is 92.2 Å². The van der Waals surface area contributed by atoms with E-state index in [1.54, 1.807) is 26.8 Å². The molecule has 2 unspecified atom stereocenters. The molecule has 148 valence electrons. The van der Waals surface area contributed by atoms with Crippen molar-refractivity contribution in [1.29, 1.82) is 0 Å². The molecule has 2 atom stereocenters. The van der Waals surface area contributed by atoms with E-state index in [9.17, 15) is 14.7 Å². The van der Waals surface area contributed by atoms with E-state index in [1.165, 1.54) is 22.9 Å². The number of nitrogens with zero attached hydrogens (tertiary/aromatic N) is 3. The van der Waals surface area contributed by atoms with Crippen molar-refractivity contribution in [1.82, 2.24) is 14.2 Å². The van der Waals surface area contributed by atoms with Crippen molar-refractivity contribution in [3.05, 3.63) is 27.4 Å². The van der Waals surface area contributed by atoms with Gasteiger partial charge in [-0.25, -0.2) is 4.37 Å². The van der Waals surface area contributed by atoms with Crippen LogP contribution in [0.15, 0.2) is 17.0 Å². The van der Waals surface area contributed by atoms with Crippen LogP contribution >= 0.6 is 22.9 Å². The molecule has 0 aliphatic carbocycles. The first kappa shape index (κ1) is 17.9. The zero-order valence-electron chi connectivity index (χ0n) is 15.0. The van der Waals surface area contributed by atoms with Gasteiger partial charge in [-0.1, -0.05) is 0 Å². The Balaban J connectivity index is 1.33. The average molecular weight is 422 g/mol. The number of hydrogen-bond acceptors (Lipinski definition) is 8. The van der Waals surface area contributed by atoms with Crippen LogP contribution in [-0.4, -0.2) is 77.1 Å². The molecule has 28 heavy (non-hydrogen) atoms. The fourth-order valence-electron chi connectivity index (χ4n) is 4.36. The summed E-state index contributed by atoms with van der Waals surface area (Å²) < 4.78 is 15.2. The molecule has 2 fully saturated rings. The Morgan fingerprint density at radius 2 is 1.93 bits per heavy atom. The van der Waals surface area contributed by atoms with Crippen molar-refractivity contribution >= 4 is 34.7 Å². The molecule has 2 aromatic heterocycles. The zero-order chi connectivity index (χ0) is 19.3. The summed E-state index contributed by atoms with van der Waals surface area (Å²) >= 11 is 2.57. The monoisotopic (exact) mass is 421 g/mol. The summed E-state index contributed by atoms with van der Waals surface area (Å²) in [7, 11) is 0. The van der Waals surface area contributed by atoms with Gasteiger partial charge in [0.05, 0.1) is 18.4 Å². The first-order valence-corrected chi connectivity index (χ1v) is 10.8. The minimum absolute atomic E-state index is 0.0463. The predicted octanol–water partition coefficient (Wildman–Crippen LogP) is 1.18. The molecular weight excluding hydrogens is 402 g/mol. The van der Waals surface area contributed by atoms with Crippen LogP contribution in [0.1, 0.15) is 20.0 Å². The van der Waals surface area contributed by atoms with E-state index >= 15 is 0 Å². The lowest BCUT2D eigenvalue weighted by molar-refractivity contribution is 0.0665. The summed E-state index contributed by atoms with van der Waals surface area (Å²) in [5.74, 6) is 1.03. The molecule has 5 heterocycles. The molecule has 0 bridgehead atoms. The molecule has 3 aliphatic rings. The van der Waals surface area contributed by atoms with E-state index in [1.807, 2.05) is 0 Å². The van der Waals surface area contributed by atoms with Gasteiger partial charge >= 0.3 is 0 Å². The van der Waals surface area contributed by atoms with Crippen LogP contribution < -0.4 is 9.47 Å². The van der Waals surface area contributed by atoms with Crippen LogP contribution in [-0.2, 0) is 0 Å². The fourth-order valence-corrected chi connectivity index (χ4v) is 5.77. The Morgan fingerprint density at radius 1 is 1.18 bits per heavy atom. The summed E-state index contributed by atoms with van der Waals surface area (Å²) in [6, 6.07) is 0. The predicted molar refractivity (Wildman–Crippen MR) is 102 cm³/mol. The van der Waals surface area contributed by atoms with Gasteiger partial charge in [-0.3, -0.25) is 9.59 Å². The van der Waals surface area contributed by atoms with Gasteiger partial charge in [-0.15, -0.1) is 11.3 Å². The highest BCUT2D eigenvalue weighted by atomic mass is 32.1. The maximum Gasteiger partial charge on any atom is 0.267 e. The van der Waals surface area contributed by atoms with Crippen molar-refractivity contribution in [2.24, 2.45) is 11.3 Å². The molecule has 0 aromatic carbocycles. The van der Waals surface area contributed by atoms with Gasteiger partial charge in [0.2, 0.25) is 0 Å². The third-order valence-electron chi connectivity index (χ3n) is 5.82. The number of likely N-dealkylation sites (tertiary alicyclic amines) is 2. The second kappa shape index (κ2) is 6.71. The van der Waals surface area contributed by atoms with Gasteiger partial charge in [0.15, 0.2) is 11.5 Å². The van der Waals surface area contributed by atoms with Gasteiger partial charge in [0.25, 0.3) is 11.8 Å². The highest BCUT2D eigenvalue weighted by Gasteiger charge is 2.54.